The van der Waals surface area contributed by atoms with Gasteiger partial charge in [0.25, 0.3) is 0 Å². The number of hydrogen-bond donors (Lipinski definition) is 3. The topological polar surface area (TPSA) is 167 Å². The number of aliphatic hydroxyl groups is 3. The summed E-state index contributed by atoms with van der Waals surface area (Å²) >= 11 is 0. The molecule has 10 heteroatoms. The number of hydrogen-bond acceptors (Lipinski definition) is 6. The second-order valence-electron chi connectivity index (χ2n) is 3.16. The Morgan fingerprint density at radius 1 is 1.12 bits per heavy atom. The molecule has 0 aromatic rings. The van der Waals surface area contributed by atoms with Gasteiger partial charge in [0, 0.05) is 9.82 Å². The Morgan fingerprint density at radius 3 is 2.38 bits per heavy atom. The van der Waals surface area contributed by atoms with Crippen LogP contribution in [0.1, 0.15) is 0 Å². The van der Waals surface area contributed by atoms with Gasteiger partial charge in [0.1, 0.15) is 6.10 Å². The maximum atomic E-state index is 9.63. The lowest BCUT2D eigenvalue weighted by Crippen LogP contribution is -2.57. The number of ether oxygens (including phenoxy) is 1. The third kappa shape index (κ3) is 2.52. The van der Waals surface area contributed by atoms with Crippen molar-refractivity contribution in [3.63, 3.8) is 0 Å². The Morgan fingerprint density at radius 2 is 1.81 bits per heavy atom. The van der Waals surface area contributed by atoms with Gasteiger partial charge in [0.15, 0.2) is 6.29 Å². The average molecular weight is 230 g/mol. The van der Waals surface area contributed by atoms with Crippen molar-refractivity contribution in [1.29, 1.82) is 0 Å². The zero-order chi connectivity index (χ0) is 12.1. The Kier molecular flexibility index (Phi) is 4.32. The first-order valence-electron chi connectivity index (χ1n) is 4.36. The summed E-state index contributed by atoms with van der Waals surface area (Å²) in [6.07, 6.45) is -5.49. The highest BCUT2D eigenvalue weighted by Gasteiger charge is 2.43. The third-order valence-electron chi connectivity index (χ3n) is 2.20. The van der Waals surface area contributed by atoms with Gasteiger partial charge in [-0.05, 0) is 11.1 Å². The van der Waals surface area contributed by atoms with Crippen LogP contribution < -0.4 is 0 Å². The molecule has 1 rings (SSSR count). The highest BCUT2D eigenvalue weighted by Crippen LogP contribution is 2.22. The summed E-state index contributed by atoms with van der Waals surface area (Å²) in [5.74, 6) is 0. The van der Waals surface area contributed by atoms with Gasteiger partial charge in [-0.1, -0.05) is 10.2 Å². The van der Waals surface area contributed by atoms with Crippen LogP contribution in [0.2, 0.25) is 0 Å². The Balaban J connectivity index is 2.83. The van der Waals surface area contributed by atoms with Crippen LogP contribution in [-0.4, -0.2) is 52.5 Å². The molecule has 5 atom stereocenters. The molecule has 0 aromatic heterocycles. The van der Waals surface area contributed by atoms with Gasteiger partial charge in [-0.25, -0.2) is 0 Å². The molecular weight excluding hydrogens is 220 g/mol. The first-order chi connectivity index (χ1) is 7.61. The van der Waals surface area contributed by atoms with E-state index in [-0.39, 0.29) is 6.54 Å². The fourth-order valence-electron chi connectivity index (χ4n) is 1.39. The van der Waals surface area contributed by atoms with E-state index in [2.05, 4.69) is 20.1 Å². The molecule has 0 aromatic carbocycles. The summed E-state index contributed by atoms with van der Waals surface area (Å²) in [6.45, 7) is -0.237. The van der Waals surface area contributed by atoms with Gasteiger partial charge in [0.05, 0.1) is 24.8 Å². The second kappa shape index (κ2) is 5.52. The van der Waals surface area contributed by atoms with E-state index in [9.17, 15) is 15.3 Å². The zero-order valence-electron chi connectivity index (χ0n) is 8.03. The second-order valence-corrected chi connectivity index (χ2v) is 3.16. The van der Waals surface area contributed by atoms with E-state index in [0.29, 0.717) is 0 Å². The molecule has 0 amide bonds. The van der Waals surface area contributed by atoms with E-state index in [4.69, 9.17) is 15.8 Å². The lowest BCUT2D eigenvalue weighted by atomic mass is 9.97. The summed E-state index contributed by atoms with van der Waals surface area (Å²) in [5.41, 5.74) is 16.3. The molecule has 3 N–H and O–H groups in total. The van der Waals surface area contributed by atoms with Crippen LogP contribution in [0.3, 0.4) is 0 Å². The first kappa shape index (κ1) is 12.5. The molecular formula is C6H10N6O4. The quantitative estimate of drug-likeness (QED) is 0.335. The largest absolute Gasteiger partial charge is 0.390 e. The van der Waals surface area contributed by atoms with Gasteiger partial charge in [-0.2, -0.15) is 0 Å². The van der Waals surface area contributed by atoms with Crippen molar-refractivity contribution >= 4 is 0 Å². The van der Waals surface area contributed by atoms with E-state index in [0.717, 1.165) is 0 Å². The van der Waals surface area contributed by atoms with Crippen LogP contribution in [0.15, 0.2) is 10.2 Å². The van der Waals surface area contributed by atoms with Crippen molar-refractivity contribution in [3.05, 3.63) is 20.9 Å². The van der Waals surface area contributed by atoms with Crippen molar-refractivity contribution in [1.82, 2.24) is 0 Å². The number of aliphatic hydroxyl groups excluding tert-OH is 3. The van der Waals surface area contributed by atoms with E-state index in [1.165, 1.54) is 0 Å². The van der Waals surface area contributed by atoms with Gasteiger partial charge < -0.3 is 20.1 Å². The minimum absolute atomic E-state index is 0.237. The Bertz CT molecular complexity index is 338. The minimum Gasteiger partial charge on any atom is -0.390 e. The van der Waals surface area contributed by atoms with E-state index < -0.39 is 30.6 Å². The summed E-state index contributed by atoms with van der Waals surface area (Å²) < 4.78 is 4.80. The van der Waals surface area contributed by atoms with Crippen molar-refractivity contribution < 1.29 is 20.1 Å². The van der Waals surface area contributed by atoms with Gasteiger partial charge >= 0.3 is 0 Å². The van der Waals surface area contributed by atoms with Crippen molar-refractivity contribution in [2.75, 3.05) is 6.54 Å². The highest BCUT2D eigenvalue weighted by atomic mass is 16.6. The Hall–Kier alpha value is -1.54. The van der Waals surface area contributed by atoms with Crippen LogP contribution in [0.4, 0.5) is 0 Å². The predicted molar refractivity (Wildman–Crippen MR) is 49.8 cm³/mol. The molecule has 10 nitrogen and oxygen atoms in total. The summed E-state index contributed by atoms with van der Waals surface area (Å²) in [6, 6.07) is -1.24. The zero-order valence-corrected chi connectivity index (χ0v) is 8.03. The van der Waals surface area contributed by atoms with Gasteiger partial charge in [0.2, 0.25) is 0 Å². The van der Waals surface area contributed by atoms with Gasteiger partial charge in [-0.3, -0.25) is 0 Å². The van der Waals surface area contributed by atoms with Crippen molar-refractivity contribution in [2.24, 2.45) is 10.2 Å². The number of nitrogens with zero attached hydrogens (tertiary/aromatic N) is 6. The molecule has 1 heterocycles. The maximum absolute atomic E-state index is 9.63. The lowest BCUT2D eigenvalue weighted by Gasteiger charge is -2.38. The number of rotatable bonds is 3. The molecule has 0 radical (unpaired) electrons. The molecule has 88 valence electrons. The molecule has 16 heavy (non-hydrogen) atoms. The number of azide groups is 2. The SMILES string of the molecule is [N-]=[N+]=NC[C@H]1OC(O)[C@H](O)[C@@H](N=[N+]=[N-])[C@@H]1O. The van der Waals surface area contributed by atoms with Crippen LogP contribution in [0, 0.1) is 0 Å². The summed E-state index contributed by atoms with van der Waals surface area (Å²) in [5, 5.41) is 34.6. The molecule has 1 aliphatic heterocycles. The molecule has 1 saturated heterocycles. The molecule has 0 bridgehead atoms. The molecule has 0 saturated carbocycles. The van der Waals surface area contributed by atoms with E-state index in [1.54, 1.807) is 0 Å². The monoisotopic (exact) mass is 230 g/mol. The summed E-state index contributed by atoms with van der Waals surface area (Å²) in [4.78, 5) is 4.91. The molecule has 0 aliphatic carbocycles. The smallest absolute Gasteiger partial charge is 0.181 e. The fraction of sp³-hybridized carbons (Fsp3) is 1.00. The van der Waals surface area contributed by atoms with Crippen molar-refractivity contribution in [3.8, 4) is 0 Å². The van der Waals surface area contributed by atoms with E-state index >= 15 is 0 Å². The van der Waals surface area contributed by atoms with Crippen molar-refractivity contribution in [2.45, 2.75) is 30.6 Å². The normalized spacial score (nSPS) is 38.3. The third-order valence-corrected chi connectivity index (χ3v) is 2.20. The average Bonchev–Trinajstić information content (AvgIpc) is 2.27. The molecule has 0 spiro atoms. The molecule has 1 unspecified atom stereocenters. The van der Waals surface area contributed by atoms with Crippen LogP contribution >= 0.6 is 0 Å². The molecule has 1 aliphatic rings. The molecule has 1 fully saturated rings. The maximum Gasteiger partial charge on any atom is 0.181 e. The standard InChI is InChI=1S/C6H10N6O4/c7-11-9-1-2-4(13)3(10-12-8)5(14)6(15)16-2/h2-6,13-15H,1H2/t2-,3+,4-,5-,6?/m1/s1. The Labute approximate surface area is 89.3 Å². The summed E-state index contributed by atoms with van der Waals surface area (Å²) in [7, 11) is 0. The lowest BCUT2D eigenvalue weighted by molar-refractivity contribution is -0.249. The van der Waals surface area contributed by atoms with Crippen LogP contribution in [0.25, 0.3) is 20.9 Å². The van der Waals surface area contributed by atoms with E-state index in [1.807, 2.05) is 0 Å². The first-order valence-corrected chi connectivity index (χ1v) is 4.36. The van der Waals surface area contributed by atoms with Crippen LogP contribution in [0.5, 0.6) is 0 Å². The highest BCUT2D eigenvalue weighted by molar-refractivity contribution is 4.94. The fourth-order valence-corrected chi connectivity index (χ4v) is 1.39. The van der Waals surface area contributed by atoms with Crippen LogP contribution in [-0.2, 0) is 4.74 Å². The minimum atomic E-state index is -1.60. The van der Waals surface area contributed by atoms with Gasteiger partial charge in [-0.15, -0.1) is 0 Å². The predicted octanol–water partition coefficient (Wildman–Crippen LogP) is -0.585.